The van der Waals surface area contributed by atoms with Gasteiger partial charge < -0.3 is 0 Å². The Kier molecular flexibility index (Phi) is 3.13. The monoisotopic (exact) mass is 256 g/mol. The van der Waals surface area contributed by atoms with Gasteiger partial charge in [-0.1, -0.05) is 6.07 Å². The van der Waals surface area contributed by atoms with Gasteiger partial charge in [0, 0.05) is 11.3 Å². The number of carbonyl (C=O) groups excluding carboxylic acids is 1. The Bertz CT molecular complexity index is 548. The number of benzene rings is 1. The summed E-state index contributed by atoms with van der Waals surface area (Å²) < 4.78 is 0. The van der Waals surface area contributed by atoms with Gasteiger partial charge in [-0.2, -0.15) is 5.10 Å². The lowest BCUT2D eigenvalue weighted by Gasteiger charge is -2.11. The maximum absolute atomic E-state index is 12.1. The fraction of sp³-hybridized carbons (Fsp3) is 0.500. The van der Waals surface area contributed by atoms with Gasteiger partial charge in [0.05, 0.1) is 0 Å². The van der Waals surface area contributed by atoms with Gasteiger partial charge in [-0.15, -0.1) is 0 Å². The molecule has 2 saturated carbocycles. The molecule has 2 bridgehead atoms. The van der Waals surface area contributed by atoms with E-state index in [1.165, 1.54) is 30.5 Å². The van der Waals surface area contributed by atoms with Crippen LogP contribution in [-0.2, 0) is 0 Å². The minimum absolute atomic E-state index is 0.0987. The summed E-state index contributed by atoms with van der Waals surface area (Å²) >= 11 is 0. The van der Waals surface area contributed by atoms with Gasteiger partial charge in [0.15, 0.2) is 0 Å². The van der Waals surface area contributed by atoms with Crippen molar-refractivity contribution in [2.75, 3.05) is 0 Å². The third-order valence-corrected chi connectivity index (χ3v) is 4.58. The second-order valence-electron chi connectivity index (χ2n) is 5.92. The summed E-state index contributed by atoms with van der Waals surface area (Å²) in [5.41, 5.74) is 6.96. The van der Waals surface area contributed by atoms with Gasteiger partial charge in [0.2, 0.25) is 0 Å². The average Bonchev–Trinajstić information content (AvgIpc) is 3.01. The molecule has 1 aromatic carbocycles. The van der Waals surface area contributed by atoms with Crippen molar-refractivity contribution in [3.63, 3.8) is 0 Å². The van der Waals surface area contributed by atoms with Crippen molar-refractivity contribution in [1.29, 1.82) is 0 Å². The van der Waals surface area contributed by atoms with Gasteiger partial charge in [0.25, 0.3) is 5.91 Å². The van der Waals surface area contributed by atoms with Crippen molar-refractivity contribution in [1.82, 2.24) is 5.43 Å². The molecule has 0 heterocycles. The van der Waals surface area contributed by atoms with Gasteiger partial charge in [0.1, 0.15) is 0 Å². The summed E-state index contributed by atoms with van der Waals surface area (Å²) in [5.74, 6) is 1.35. The van der Waals surface area contributed by atoms with Crippen LogP contribution in [0.5, 0.6) is 0 Å². The van der Waals surface area contributed by atoms with E-state index in [0.29, 0.717) is 11.5 Å². The molecule has 0 aliphatic heterocycles. The van der Waals surface area contributed by atoms with Gasteiger partial charge in [-0.25, -0.2) is 5.43 Å². The van der Waals surface area contributed by atoms with Gasteiger partial charge in [-0.3, -0.25) is 4.79 Å². The molecule has 2 aliphatic carbocycles. The third kappa shape index (κ3) is 2.42. The highest BCUT2D eigenvalue weighted by atomic mass is 16.2. The Hall–Kier alpha value is -1.64. The lowest BCUT2D eigenvalue weighted by atomic mass is 9.99. The molecule has 1 aromatic rings. The first-order valence-electron chi connectivity index (χ1n) is 7.07. The molecule has 3 rings (SSSR count). The molecule has 1 amide bonds. The molecular weight excluding hydrogens is 236 g/mol. The summed E-state index contributed by atoms with van der Waals surface area (Å²) in [6, 6.07) is 5.76. The standard InChI is InChI=1S/C16H20N2O/c1-10-3-5-14(7-11(10)2)16(19)18-17-15-9-12-4-6-13(15)8-12/h3,5,7,12-13H,4,6,8-9H2,1-2H3,(H,18,19)/b17-15-/t12-,13+/m0/s1. The molecule has 2 aliphatic rings. The van der Waals surface area contributed by atoms with Crippen molar-refractivity contribution in [2.24, 2.45) is 16.9 Å². The van der Waals surface area contributed by atoms with Gasteiger partial charge >= 0.3 is 0 Å². The Morgan fingerprint density at radius 3 is 2.74 bits per heavy atom. The topological polar surface area (TPSA) is 41.5 Å². The molecule has 100 valence electrons. The minimum Gasteiger partial charge on any atom is -0.267 e. The predicted molar refractivity (Wildman–Crippen MR) is 76.3 cm³/mol. The van der Waals surface area contributed by atoms with E-state index in [1.54, 1.807) is 0 Å². The van der Waals surface area contributed by atoms with E-state index in [4.69, 9.17) is 0 Å². The molecule has 0 spiro atoms. The zero-order valence-electron chi connectivity index (χ0n) is 11.6. The van der Waals surface area contributed by atoms with Crippen molar-refractivity contribution in [3.05, 3.63) is 34.9 Å². The number of hydrogen-bond acceptors (Lipinski definition) is 2. The number of carbonyl (C=O) groups is 1. The van der Waals surface area contributed by atoms with Gasteiger partial charge in [-0.05, 0) is 74.6 Å². The van der Waals surface area contributed by atoms with Crippen molar-refractivity contribution >= 4 is 11.6 Å². The quantitative estimate of drug-likeness (QED) is 0.811. The van der Waals surface area contributed by atoms with Crippen LogP contribution in [-0.4, -0.2) is 11.6 Å². The third-order valence-electron chi connectivity index (χ3n) is 4.58. The molecule has 0 radical (unpaired) electrons. The SMILES string of the molecule is Cc1ccc(C(=O)N/N=C2/C[C@H]3CC[C@@H]2C3)cc1C. The normalized spacial score (nSPS) is 26.9. The molecule has 2 atom stereocenters. The number of amides is 1. The molecule has 19 heavy (non-hydrogen) atoms. The number of fused-ring (bicyclic) bond motifs is 2. The highest BCUT2D eigenvalue weighted by molar-refractivity contribution is 5.96. The molecule has 0 aromatic heterocycles. The fourth-order valence-electron chi connectivity index (χ4n) is 3.23. The molecule has 1 N–H and O–H groups in total. The summed E-state index contributed by atoms with van der Waals surface area (Å²) in [7, 11) is 0. The van der Waals surface area contributed by atoms with E-state index in [2.05, 4.69) is 10.5 Å². The molecule has 3 nitrogen and oxygen atoms in total. The van der Waals surface area contributed by atoms with E-state index < -0.39 is 0 Å². The Morgan fingerprint density at radius 1 is 1.26 bits per heavy atom. The van der Waals surface area contributed by atoms with Crippen LogP contribution in [0, 0.1) is 25.7 Å². The number of nitrogens with one attached hydrogen (secondary N) is 1. The van der Waals surface area contributed by atoms with Crippen LogP contribution in [0.1, 0.15) is 47.2 Å². The van der Waals surface area contributed by atoms with Crippen LogP contribution in [0.2, 0.25) is 0 Å². The van der Waals surface area contributed by atoms with Crippen molar-refractivity contribution in [2.45, 2.75) is 39.5 Å². The van der Waals surface area contributed by atoms with Crippen LogP contribution in [0.25, 0.3) is 0 Å². The smallest absolute Gasteiger partial charge is 0.267 e. The minimum atomic E-state index is -0.0987. The first kappa shape index (κ1) is 12.4. The molecule has 0 saturated heterocycles. The first-order valence-corrected chi connectivity index (χ1v) is 7.07. The molecule has 3 heteroatoms. The fourth-order valence-corrected chi connectivity index (χ4v) is 3.23. The Labute approximate surface area is 114 Å². The van der Waals surface area contributed by atoms with Crippen LogP contribution in [0.15, 0.2) is 23.3 Å². The maximum Gasteiger partial charge on any atom is 0.271 e. The molecular formula is C16H20N2O. The summed E-state index contributed by atoms with van der Waals surface area (Å²) in [6.07, 6.45) is 4.95. The number of nitrogens with zero attached hydrogens (tertiary/aromatic N) is 1. The van der Waals surface area contributed by atoms with E-state index >= 15 is 0 Å². The highest BCUT2D eigenvalue weighted by Crippen LogP contribution is 2.42. The number of rotatable bonds is 2. The first-order chi connectivity index (χ1) is 9.13. The van der Waals surface area contributed by atoms with Crippen LogP contribution in [0.3, 0.4) is 0 Å². The van der Waals surface area contributed by atoms with Crippen molar-refractivity contribution in [3.8, 4) is 0 Å². The van der Waals surface area contributed by atoms with Crippen LogP contribution in [0.4, 0.5) is 0 Å². The van der Waals surface area contributed by atoms with E-state index in [1.807, 2.05) is 32.0 Å². The zero-order valence-corrected chi connectivity index (χ0v) is 11.6. The number of aryl methyl sites for hydroxylation is 2. The maximum atomic E-state index is 12.1. The highest BCUT2D eigenvalue weighted by Gasteiger charge is 2.36. The molecule has 2 fully saturated rings. The van der Waals surface area contributed by atoms with E-state index in [-0.39, 0.29) is 5.91 Å². The van der Waals surface area contributed by atoms with E-state index in [9.17, 15) is 4.79 Å². The van der Waals surface area contributed by atoms with Crippen molar-refractivity contribution < 1.29 is 4.79 Å². The zero-order chi connectivity index (χ0) is 13.4. The summed E-state index contributed by atoms with van der Waals surface area (Å²) in [5, 5.41) is 4.35. The lowest BCUT2D eigenvalue weighted by Crippen LogP contribution is -2.22. The lowest BCUT2D eigenvalue weighted by molar-refractivity contribution is 0.0954. The largest absolute Gasteiger partial charge is 0.271 e. The molecule has 0 unspecified atom stereocenters. The Balaban J connectivity index is 1.68. The number of hydrazone groups is 1. The van der Waals surface area contributed by atoms with Crippen LogP contribution >= 0.6 is 0 Å². The second kappa shape index (κ2) is 4.80. The number of hydrogen-bond donors (Lipinski definition) is 1. The second-order valence-corrected chi connectivity index (χ2v) is 5.92. The average molecular weight is 256 g/mol. The summed E-state index contributed by atoms with van der Waals surface area (Å²) in [6.45, 7) is 4.07. The van der Waals surface area contributed by atoms with Crippen LogP contribution < -0.4 is 5.43 Å². The van der Waals surface area contributed by atoms with E-state index in [0.717, 1.165) is 17.9 Å². The predicted octanol–water partition coefficient (Wildman–Crippen LogP) is 3.21. The Morgan fingerprint density at radius 2 is 2.11 bits per heavy atom. The summed E-state index contributed by atoms with van der Waals surface area (Å²) in [4.78, 5) is 12.1.